The zero-order valence-corrected chi connectivity index (χ0v) is 18.5. The van der Waals surface area contributed by atoms with Crippen molar-refractivity contribution in [1.82, 2.24) is 4.31 Å². The molecule has 1 N–H and O–H groups in total. The van der Waals surface area contributed by atoms with E-state index in [4.69, 9.17) is 9.47 Å². The molecule has 0 aliphatic carbocycles. The zero-order chi connectivity index (χ0) is 23.3. The second-order valence-electron chi connectivity index (χ2n) is 7.38. The third-order valence-corrected chi connectivity index (χ3v) is 7.05. The van der Waals surface area contributed by atoms with Crippen LogP contribution in [-0.4, -0.2) is 43.9 Å². The molecule has 0 spiro atoms. The largest absolute Gasteiger partial charge is 0.489 e. The summed E-state index contributed by atoms with van der Waals surface area (Å²) in [4.78, 5) is 10.9. The van der Waals surface area contributed by atoms with Crippen molar-refractivity contribution in [3.05, 3.63) is 88.5 Å². The van der Waals surface area contributed by atoms with E-state index < -0.39 is 14.9 Å². The van der Waals surface area contributed by atoms with E-state index in [1.807, 2.05) is 30.3 Å². The molecule has 1 aliphatic heterocycles. The van der Waals surface area contributed by atoms with Gasteiger partial charge in [0, 0.05) is 24.8 Å². The van der Waals surface area contributed by atoms with Gasteiger partial charge in [0.2, 0.25) is 10.0 Å². The number of hydrogen-bond donors (Lipinski definition) is 1. The van der Waals surface area contributed by atoms with Gasteiger partial charge in [0.05, 0.1) is 23.0 Å². The Kier molecular flexibility index (Phi) is 6.87. The van der Waals surface area contributed by atoms with Gasteiger partial charge in [-0.15, -0.1) is 0 Å². The molecule has 10 heteroatoms. The normalized spacial score (nSPS) is 14.5. The van der Waals surface area contributed by atoms with Crippen LogP contribution >= 0.6 is 0 Å². The van der Waals surface area contributed by atoms with Crippen LogP contribution in [0.1, 0.15) is 5.56 Å². The van der Waals surface area contributed by atoms with Crippen molar-refractivity contribution in [2.24, 2.45) is 0 Å². The van der Waals surface area contributed by atoms with Gasteiger partial charge in [0.25, 0.3) is 5.69 Å². The topological polar surface area (TPSA) is 111 Å². The maximum atomic E-state index is 12.8. The highest BCUT2D eigenvalue weighted by molar-refractivity contribution is 7.89. The fourth-order valence-electron chi connectivity index (χ4n) is 3.40. The molecule has 1 fully saturated rings. The van der Waals surface area contributed by atoms with Crippen molar-refractivity contribution in [2.45, 2.75) is 11.5 Å². The summed E-state index contributed by atoms with van der Waals surface area (Å²) in [5, 5.41) is 14.6. The van der Waals surface area contributed by atoms with Crippen molar-refractivity contribution >= 4 is 27.1 Å². The highest BCUT2D eigenvalue weighted by Crippen LogP contribution is 2.32. The van der Waals surface area contributed by atoms with Crippen LogP contribution in [-0.2, 0) is 21.4 Å². The van der Waals surface area contributed by atoms with Crippen LogP contribution < -0.4 is 10.1 Å². The van der Waals surface area contributed by atoms with Gasteiger partial charge in [-0.3, -0.25) is 10.1 Å². The first kappa shape index (κ1) is 22.7. The molecule has 1 heterocycles. The second kappa shape index (κ2) is 9.99. The van der Waals surface area contributed by atoms with E-state index in [0.29, 0.717) is 31.3 Å². The number of nitro groups is 1. The van der Waals surface area contributed by atoms with E-state index in [9.17, 15) is 18.5 Å². The number of hydrogen-bond acceptors (Lipinski definition) is 7. The Labute approximate surface area is 191 Å². The Morgan fingerprint density at radius 1 is 1.00 bits per heavy atom. The summed E-state index contributed by atoms with van der Waals surface area (Å²) in [6.45, 7) is 1.46. The van der Waals surface area contributed by atoms with Crippen LogP contribution in [0.15, 0.2) is 77.7 Å². The van der Waals surface area contributed by atoms with Crippen LogP contribution in [0.2, 0.25) is 0 Å². The molecule has 0 atom stereocenters. The molecule has 1 saturated heterocycles. The van der Waals surface area contributed by atoms with E-state index >= 15 is 0 Å². The lowest BCUT2D eigenvalue weighted by Crippen LogP contribution is -2.40. The number of benzene rings is 3. The Balaban J connectivity index is 1.49. The summed E-state index contributed by atoms with van der Waals surface area (Å²) in [6, 6.07) is 20.6. The summed E-state index contributed by atoms with van der Waals surface area (Å²) in [6.07, 6.45) is 0. The molecular formula is C23H23N3O6S. The minimum atomic E-state index is -3.84. The van der Waals surface area contributed by atoms with Crippen LogP contribution in [0.25, 0.3) is 0 Å². The van der Waals surface area contributed by atoms with Crippen molar-refractivity contribution in [3.8, 4) is 5.75 Å². The van der Waals surface area contributed by atoms with Crippen LogP contribution in [0.4, 0.5) is 17.1 Å². The summed E-state index contributed by atoms with van der Waals surface area (Å²) in [7, 11) is -3.84. The van der Waals surface area contributed by atoms with Gasteiger partial charge in [-0.25, -0.2) is 8.42 Å². The van der Waals surface area contributed by atoms with Crippen molar-refractivity contribution in [2.75, 3.05) is 31.6 Å². The molecule has 0 radical (unpaired) electrons. The Morgan fingerprint density at radius 3 is 2.36 bits per heavy atom. The third kappa shape index (κ3) is 5.48. The standard InChI is InChI=1S/C23H23N3O6S/c27-26(28)23-16-21(33(29,30)25-12-14-31-15-13-25)10-11-22(23)24-19-6-8-20(9-7-19)32-17-18-4-2-1-3-5-18/h1-11,16,24H,12-15,17H2. The van der Waals surface area contributed by atoms with Gasteiger partial charge < -0.3 is 14.8 Å². The average molecular weight is 470 g/mol. The molecule has 1 aliphatic rings. The number of nitrogens with one attached hydrogen (secondary N) is 1. The molecule has 0 bridgehead atoms. The summed E-state index contributed by atoms with van der Waals surface area (Å²) in [5.74, 6) is 0.658. The molecule has 0 saturated carbocycles. The van der Waals surface area contributed by atoms with Gasteiger partial charge in [-0.1, -0.05) is 30.3 Å². The molecule has 0 aromatic heterocycles. The van der Waals surface area contributed by atoms with E-state index in [1.54, 1.807) is 24.3 Å². The van der Waals surface area contributed by atoms with E-state index in [1.165, 1.54) is 16.4 Å². The monoisotopic (exact) mass is 469 g/mol. The summed E-state index contributed by atoms with van der Waals surface area (Å²) in [5.41, 5.74) is 1.52. The number of ether oxygens (including phenoxy) is 2. The number of anilines is 2. The zero-order valence-electron chi connectivity index (χ0n) is 17.7. The van der Waals surface area contributed by atoms with Crippen molar-refractivity contribution in [1.29, 1.82) is 0 Å². The smallest absolute Gasteiger partial charge is 0.294 e. The van der Waals surface area contributed by atoms with Gasteiger partial charge in [-0.05, 0) is 42.0 Å². The fourth-order valence-corrected chi connectivity index (χ4v) is 4.82. The molecule has 9 nitrogen and oxygen atoms in total. The van der Waals surface area contributed by atoms with Crippen molar-refractivity contribution < 1.29 is 22.8 Å². The molecule has 0 unspecified atom stereocenters. The lowest BCUT2D eigenvalue weighted by Gasteiger charge is -2.26. The van der Waals surface area contributed by atoms with Crippen LogP contribution in [0.3, 0.4) is 0 Å². The fraction of sp³-hybridized carbons (Fsp3) is 0.217. The Morgan fingerprint density at radius 2 is 1.70 bits per heavy atom. The maximum Gasteiger partial charge on any atom is 0.294 e. The van der Waals surface area contributed by atoms with Gasteiger partial charge in [0.1, 0.15) is 18.0 Å². The average Bonchev–Trinajstić information content (AvgIpc) is 2.85. The first-order valence-electron chi connectivity index (χ1n) is 10.3. The Hall–Kier alpha value is -3.47. The first-order valence-corrected chi connectivity index (χ1v) is 11.8. The highest BCUT2D eigenvalue weighted by Gasteiger charge is 2.28. The number of morpholine rings is 1. The molecule has 3 aromatic carbocycles. The molecule has 33 heavy (non-hydrogen) atoms. The minimum absolute atomic E-state index is 0.119. The van der Waals surface area contributed by atoms with Gasteiger partial charge in [-0.2, -0.15) is 4.31 Å². The quantitative estimate of drug-likeness (QED) is 0.393. The lowest BCUT2D eigenvalue weighted by molar-refractivity contribution is -0.384. The summed E-state index contributed by atoms with van der Waals surface area (Å²) < 4.78 is 37.9. The Bertz CT molecular complexity index is 1210. The van der Waals surface area contributed by atoms with E-state index in [-0.39, 0.29) is 29.4 Å². The predicted molar refractivity (Wildman–Crippen MR) is 123 cm³/mol. The van der Waals surface area contributed by atoms with Crippen molar-refractivity contribution in [3.63, 3.8) is 0 Å². The highest BCUT2D eigenvalue weighted by atomic mass is 32.2. The molecule has 3 aromatic rings. The molecule has 172 valence electrons. The van der Waals surface area contributed by atoms with Gasteiger partial charge in [0.15, 0.2) is 0 Å². The van der Waals surface area contributed by atoms with E-state index in [0.717, 1.165) is 11.6 Å². The second-order valence-corrected chi connectivity index (χ2v) is 9.31. The number of sulfonamides is 1. The molecule has 4 rings (SSSR count). The third-order valence-electron chi connectivity index (χ3n) is 5.16. The number of nitrogens with zero attached hydrogens (tertiary/aromatic N) is 2. The predicted octanol–water partition coefficient (Wildman–Crippen LogP) is 3.94. The number of nitro benzene ring substituents is 1. The first-order chi connectivity index (χ1) is 15.9. The number of rotatable bonds is 8. The molecular weight excluding hydrogens is 446 g/mol. The minimum Gasteiger partial charge on any atom is -0.489 e. The van der Waals surface area contributed by atoms with Gasteiger partial charge >= 0.3 is 0 Å². The van der Waals surface area contributed by atoms with E-state index in [2.05, 4.69) is 5.32 Å². The SMILES string of the molecule is O=[N+]([O-])c1cc(S(=O)(=O)N2CCOCC2)ccc1Nc1ccc(OCc2ccccc2)cc1. The maximum absolute atomic E-state index is 12.8. The lowest BCUT2D eigenvalue weighted by atomic mass is 10.2. The van der Waals surface area contributed by atoms with Crippen LogP contribution in [0.5, 0.6) is 5.75 Å². The van der Waals surface area contributed by atoms with Crippen LogP contribution in [0, 0.1) is 10.1 Å². The summed E-state index contributed by atoms with van der Waals surface area (Å²) >= 11 is 0. The molecule has 0 amide bonds.